The van der Waals surface area contributed by atoms with E-state index < -0.39 is 15.9 Å². The van der Waals surface area contributed by atoms with Gasteiger partial charge in [-0.1, -0.05) is 32.4 Å². The Labute approximate surface area is 189 Å². The Morgan fingerprint density at radius 1 is 1.16 bits per heavy atom. The van der Waals surface area contributed by atoms with Gasteiger partial charge in [0.15, 0.2) is 0 Å². The highest BCUT2D eigenvalue weighted by Crippen LogP contribution is 2.24. The minimum Gasteiger partial charge on any atom is -0.369 e. The van der Waals surface area contributed by atoms with E-state index in [2.05, 4.69) is 15.3 Å². The summed E-state index contributed by atoms with van der Waals surface area (Å²) in [4.78, 5) is 14.8. The van der Waals surface area contributed by atoms with Crippen LogP contribution in [-0.4, -0.2) is 61.1 Å². The van der Waals surface area contributed by atoms with Crippen molar-refractivity contribution in [2.75, 3.05) is 37.6 Å². The number of anilines is 1. The van der Waals surface area contributed by atoms with E-state index in [9.17, 15) is 13.2 Å². The molecular formula is C21H30ClN5O3S. The van der Waals surface area contributed by atoms with Crippen LogP contribution in [0.3, 0.4) is 0 Å². The van der Waals surface area contributed by atoms with Crippen molar-refractivity contribution >= 4 is 33.2 Å². The SMILES string of the molecule is CCCn1cc(C(=O)NCC(C)C)c(S(=O)(=O)N2CCN(c3ccc(Cl)cc3)CC2)n1. The number of halogens is 1. The Hall–Kier alpha value is -2.10. The van der Waals surface area contributed by atoms with Gasteiger partial charge in [0.1, 0.15) is 0 Å². The molecule has 2 heterocycles. The Bertz CT molecular complexity index is 997. The van der Waals surface area contributed by atoms with E-state index in [0.717, 1.165) is 12.1 Å². The molecule has 3 rings (SSSR count). The first-order chi connectivity index (χ1) is 14.7. The maximum Gasteiger partial charge on any atom is 0.263 e. The minimum absolute atomic E-state index is 0.106. The van der Waals surface area contributed by atoms with Crippen LogP contribution in [0.15, 0.2) is 35.5 Å². The van der Waals surface area contributed by atoms with Crippen molar-refractivity contribution in [1.29, 1.82) is 0 Å². The lowest BCUT2D eigenvalue weighted by Crippen LogP contribution is -2.49. The van der Waals surface area contributed by atoms with Crippen LogP contribution < -0.4 is 10.2 Å². The van der Waals surface area contributed by atoms with E-state index >= 15 is 0 Å². The molecule has 0 aliphatic carbocycles. The lowest BCUT2D eigenvalue weighted by Gasteiger charge is -2.35. The molecule has 0 radical (unpaired) electrons. The molecule has 170 valence electrons. The zero-order valence-corrected chi connectivity index (χ0v) is 19.8. The van der Waals surface area contributed by atoms with Crippen LogP contribution >= 0.6 is 11.6 Å². The van der Waals surface area contributed by atoms with Gasteiger partial charge in [0.25, 0.3) is 15.9 Å². The third-order valence-electron chi connectivity index (χ3n) is 5.11. The summed E-state index contributed by atoms with van der Waals surface area (Å²) in [6, 6.07) is 7.50. The molecule has 0 bridgehead atoms. The molecule has 1 aliphatic heterocycles. The number of nitrogens with zero attached hydrogens (tertiary/aromatic N) is 4. The van der Waals surface area contributed by atoms with Crippen molar-refractivity contribution < 1.29 is 13.2 Å². The summed E-state index contributed by atoms with van der Waals surface area (Å²) in [6.45, 7) is 8.69. The Kier molecular flexibility index (Phi) is 7.61. The minimum atomic E-state index is -3.89. The quantitative estimate of drug-likeness (QED) is 0.645. The summed E-state index contributed by atoms with van der Waals surface area (Å²) in [7, 11) is -3.89. The van der Waals surface area contributed by atoms with E-state index in [-0.39, 0.29) is 16.5 Å². The van der Waals surface area contributed by atoms with Crippen molar-refractivity contribution in [3.05, 3.63) is 41.0 Å². The summed E-state index contributed by atoms with van der Waals surface area (Å²) in [5.74, 6) is -0.148. The second-order valence-corrected chi connectivity index (χ2v) is 10.4. The maximum absolute atomic E-state index is 13.4. The van der Waals surface area contributed by atoms with Gasteiger partial charge in [-0.25, -0.2) is 8.42 Å². The molecule has 1 saturated heterocycles. The molecule has 10 heteroatoms. The fourth-order valence-corrected chi connectivity index (χ4v) is 5.09. The highest BCUT2D eigenvalue weighted by atomic mass is 35.5. The second kappa shape index (κ2) is 10.0. The highest BCUT2D eigenvalue weighted by molar-refractivity contribution is 7.89. The molecule has 1 amide bonds. The van der Waals surface area contributed by atoms with Crippen LogP contribution in [0.4, 0.5) is 5.69 Å². The number of aryl methyl sites for hydroxylation is 1. The van der Waals surface area contributed by atoms with Crippen LogP contribution in [0, 0.1) is 5.92 Å². The van der Waals surface area contributed by atoms with Crippen LogP contribution in [0.1, 0.15) is 37.6 Å². The zero-order chi connectivity index (χ0) is 22.6. The molecule has 0 atom stereocenters. The number of sulfonamides is 1. The van der Waals surface area contributed by atoms with Gasteiger partial charge in [0.05, 0.1) is 5.56 Å². The van der Waals surface area contributed by atoms with Crippen molar-refractivity contribution in [1.82, 2.24) is 19.4 Å². The summed E-state index contributed by atoms with van der Waals surface area (Å²) in [5.41, 5.74) is 1.11. The number of rotatable bonds is 8. The Morgan fingerprint density at radius 3 is 2.39 bits per heavy atom. The fourth-order valence-electron chi connectivity index (χ4n) is 3.45. The van der Waals surface area contributed by atoms with E-state index in [4.69, 9.17) is 11.6 Å². The maximum atomic E-state index is 13.4. The van der Waals surface area contributed by atoms with E-state index in [1.807, 2.05) is 45.0 Å². The third-order valence-corrected chi connectivity index (χ3v) is 7.20. The molecule has 31 heavy (non-hydrogen) atoms. The van der Waals surface area contributed by atoms with Gasteiger partial charge in [0, 0.05) is 56.2 Å². The molecule has 0 spiro atoms. The van der Waals surface area contributed by atoms with Gasteiger partial charge >= 0.3 is 0 Å². The number of carbonyl (C=O) groups excluding carboxylic acids is 1. The average molecular weight is 468 g/mol. The molecule has 0 unspecified atom stereocenters. The topological polar surface area (TPSA) is 87.5 Å². The molecule has 1 aromatic heterocycles. The van der Waals surface area contributed by atoms with E-state index in [1.54, 1.807) is 4.68 Å². The molecule has 1 N–H and O–H groups in total. The predicted octanol–water partition coefficient (Wildman–Crippen LogP) is 2.84. The van der Waals surface area contributed by atoms with Crippen LogP contribution in [0.2, 0.25) is 5.02 Å². The molecule has 2 aromatic rings. The van der Waals surface area contributed by atoms with Crippen molar-refractivity contribution in [2.24, 2.45) is 5.92 Å². The number of hydrogen-bond acceptors (Lipinski definition) is 5. The molecular weight excluding hydrogens is 438 g/mol. The van der Waals surface area contributed by atoms with Crippen LogP contribution in [0.25, 0.3) is 0 Å². The number of piperazine rings is 1. The normalized spacial score (nSPS) is 15.5. The first-order valence-corrected chi connectivity index (χ1v) is 12.4. The third kappa shape index (κ3) is 5.58. The molecule has 0 saturated carbocycles. The van der Waals surface area contributed by atoms with Crippen LogP contribution in [-0.2, 0) is 16.6 Å². The standard InChI is InChI=1S/C21H30ClN5O3S/c1-4-9-26-15-19(20(28)23-14-16(2)3)21(24-26)31(29,30)27-12-10-25(11-13-27)18-7-5-17(22)6-8-18/h5-8,15-16H,4,9-14H2,1-3H3,(H,23,28). The van der Waals surface area contributed by atoms with Gasteiger partial charge in [-0.15, -0.1) is 0 Å². The summed E-state index contributed by atoms with van der Waals surface area (Å²) in [6.07, 6.45) is 2.32. The first-order valence-electron chi connectivity index (χ1n) is 10.6. The molecule has 1 aromatic carbocycles. The van der Waals surface area contributed by atoms with Gasteiger partial charge in [-0.05, 0) is 36.6 Å². The monoisotopic (exact) mass is 467 g/mol. The summed E-state index contributed by atoms with van der Waals surface area (Å²) >= 11 is 5.96. The Morgan fingerprint density at radius 2 is 1.81 bits per heavy atom. The largest absolute Gasteiger partial charge is 0.369 e. The van der Waals surface area contributed by atoms with Gasteiger partial charge in [-0.2, -0.15) is 9.40 Å². The number of carbonyl (C=O) groups is 1. The number of hydrogen-bond donors (Lipinski definition) is 1. The van der Waals surface area contributed by atoms with Gasteiger partial charge < -0.3 is 10.2 Å². The zero-order valence-electron chi connectivity index (χ0n) is 18.2. The molecule has 1 aliphatic rings. The van der Waals surface area contributed by atoms with E-state index in [0.29, 0.717) is 44.3 Å². The number of amides is 1. The first kappa shape index (κ1) is 23.6. The second-order valence-electron chi connectivity index (χ2n) is 8.08. The van der Waals surface area contributed by atoms with E-state index in [1.165, 1.54) is 10.5 Å². The van der Waals surface area contributed by atoms with Crippen molar-refractivity contribution in [3.8, 4) is 0 Å². The lowest BCUT2D eigenvalue weighted by atomic mass is 10.2. The highest BCUT2D eigenvalue weighted by Gasteiger charge is 2.34. The fraction of sp³-hybridized carbons (Fsp3) is 0.524. The summed E-state index contributed by atoms with van der Waals surface area (Å²) < 4.78 is 29.7. The molecule has 1 fully saturated rings. The average Bonchev–Trinajstić information content (AvgIpc) is 3.18. The van der Waals surface area contributed by atoms with Crippen molar-refractivity contribution in [2.45, 2.75) is 38.8 Å². The molecule has 8 nitrogen and oxygen atoms in total. The predicted molar refractivity (Wildman–Crippen MR) is 122 cm³/mol. The van der Waals surface area contributed by atoms with Crippen LogP contribution in [0.5, 0.6) is 0 Å². The number of aromatic nitrogens is 2. The Balaban J connectivity index is 1.79. The summed E-state index contributed by atoms with van der Waals surface area (Å²) in [5, 5.41) is 7.59. The lowest BCUT2D eigenvalue weighted by molar-refractivity contribution is 0.0945. The number of nitrogens with one attached hydrogen (secondary N) is 1. The van der Waals surface area contributed by atoms with Crippen molar-refractivity contribution in [3.63, 3.8) is 0 Å². The number of benzene rings is 1. The van der Waals surface area contributed by atoms with Gasteiger partial charge in [0.2, 0.25) is 5.03 Å². The smallest absolute Gasteiger partial charge is 0.263 e. The van der Waals surface area contributed by atoms with Gasteiger partial charge in [-0.3, -0.25) is 9.48 Å².